The fraction of sp³-hybridized carbons (Fsp3) is 0.444. The lowest BCUT2D eigenvalue weighted by Gasteiger charge is -2.33. The summed E-state index contributed by atoms with van der Waals surface area (Å²) in [5.41, 5.74) is 26.0. The Labute approximate surface area is 862 Å². The number of allylic oxidation sites excluding steroid dienone is 1. The lowest BCUT2D eigenvalue weighted by atomic mass is 9.73. The molecule has 30 heteroatoms. The predicted octanol–water partition coefficient (Wildman–Crippen LogP) is 24.0. The molecule has 7 aliphatic heterocycles. The molecule has 22 rings (SSSR count). The third-order valence-corrected chi connectivity index (χ3v) is 33.2. The molecule has 4 aromatic carbocycles. The van der Waals surface area contributed by atoms with Gasteiger partial charge < -0.3 is 46.2 Å². The molecule has 26 nitrogen and oxygen atoms in total. The molecular weight excluding hydrogens is 1850 g/mol. The highest BCUT2D eigenvalue weighted by Crippen LogP contribution is 2.56. The van der Waals surface area contributed by atoms with Gasteiger partial charge in [-0.1, -0.05) is 116 Å². The Bertz CT molecular complexity index is 6860. The Balaban J connectivity index is 0.000000124. The molecule has 10 aliphatic rings. The average Bonchev–Trinajstić information content (AvgIpc) is 1.60. The third kappa shape index (κ3) is 21.5. The quantitative estimate of drug-likeness (QED) is 0.0333. The van der Waals surface area contributed by atoms with Crippen LogP contribution in [0.1, 0.15) is 233 Å². The van der Waals surface area contributed by atoms with E-state index < -0.39 is 23.3 Å². The number of nitrogens with one attached hydrogen (secondary N) is 5. The lowest BCUT2D eigenvalue weighted by molar-refractivity contribution is 0.132. The number of likely N-dealkylation sites (tertiary alicyclic amines) is 1. The van der Waals surface area contributed by atoms with Crippen molar-refractivity contribution in [2.24, 2.45) is 15.0 Å². The lowest BCUT2D eigenvalue weighted by Crippen LogP contribution is -2.45. The predicted molar refractivity (Wildman–Crippen MR) is 585 cm³/mol. The monoisotopic (exact) mass is 1990 g/mol. The minimum Gasteiger partial charge on any atom is -0.368 e. The van der Waals surface area contributed by atoms with Gasteiger partial charge in [0.2, 0.25) is 23.8 Å². The van der Waals surface area contributed by atoms with Gasteiger partial charge in [-0.3, -0.25) is 24.8 Å². The molecule has 0 amide bonds. The van der Waals surface area contributed by atoms with Gasteiger partial charge in [-0.15, -0.1) is 0 Å². The molecule has 2 saturated carbocycles. The molecule has 766 valence electrons. The van der Waals surface area contributed by atoms with Crippen LogP contribution in [0.4, 0.5) is 87.4 Å². The fourth-order valence-corrected chi connectivity index (χ4v) is 24.1. The molecule has 2 spiro atoms. The topological polar surface area (TPSA) is 271 Å². The van der Waals surface area contributed by atoms with Gasteiger partial charge in [0.25, 0.3) is 0 Å². The van der Waals surface area contributed by atoms with Crippen LogP contribution >= 0.6 is 0 Å². The van der Waals surface area contributed by atoms with E-state index in [4.69, 9.17) is 15.0 Å². The van der Waals surface area contributed by atoms with E-state index in [1.807, 2.05) is 93.2 Å². The molecule has 12 aromatic rings. The smallest absolute Gasteiger partial charge is 0.229 e. The standard InChI is InChI=1S/C30H38FN7.2C30H35FN6.C27H32FN7/c1-6-30(7-2)21(5)34-27-20(4)15-23(16-24(27)30)28-25(31)18-33-29(36-28)35-26-10-9-22(17-32-26)19-38-13-11-37(8-3)12-14-38;1-4-37-13-9-21(10-14-37)22-7-8-26(32-17-22)35-29-33-18-25(31)28(36-29)23-15-19(2)27-24(16-23)30(20(3)34-27)11-5-6-12-30;1-3-36-12-14-37(15-13-36)20-22-6-9-27(32-18-22)34-29-33-19-26(31)28(35-29)24-8-7-23-16-21(2)30(25(23)17-24)10-4-5-11-30;1-5-27(6-2)18(4)32-24-17(3)13-19(14-21(24)27)25-22(28)16-31-26(34-25)33-23-8-7-20(15-30-23)35-11-9-29-10-12-35/h9-10,15-18H,6-8,11-14,19H2,1-5H3,(H,32,33,35,36);7-8,15-18,21H,4-6,9-14H2,1-3H3,(H,32,33,35,36);6-9,16-19H,3-5,10-15,20H2,1-2H3,(H,32,33,34,35);7-8,13-16,29H,5-6,9-12H2,1-4H3,(H,30,31,33,34). The SMILES string of the molecule is CCC1(CC)C(C)=Nc2c(C)cc(-c3nc(Nc4ccc(N5CCNCC5)cn4)ncc3F)cc21.CCN1CCC(c2ccc(Nc3ncc(F)c(-c4cc(C)c5c(c4)C4(CCCC4)C(C)=N5)n3)nc2)CC1.CCN1CCN(Cc2ccc(Nc3ncc(F)c(-c4cc(C)c5c(c4)C(CC)(CC)C(C)=N5)n3)nc2)CC1.CCN1CCN(Cc2ccc(Nc3ncc(F)c(-c4ccc5c(c4)C4(CCCC4)C(C)=C5)n3)nc2)CC1. The first-order valence-corrected chi connectivity index (χ1v) is 53.4. The van der Waals surface area contributed by atoms with Crippen molar-refractivity contribution in [1.82, 2.24) is 89.6 Å². The Morgan fingerprint density at radius 2 is 0.714 bits per heavy atom. The molecule has 0 unspecified atom stereocenters. The second kappa shape index (κ2) is 44.6. The first-order chi connectivity index (χ1) is 71.3. The zero-order valence-electron chi connectivity index (χ0n) is 87.8. The Morgan fingerprint density at radius 1 is 0.347 bits per heavy atom. The highest BCUT2D eigenvalue weighted by molar-refractivity contribution is 6.03. The van der Waals surface area contributed by atoms with Crippen molar-refractivity contribution in [3.63, 3.8) is 0 Å². The molecule has 0 bridgehead atoms. The molecule has 6 fully saturated rings. The summed E-state index contributed by atoms with van der Waals surface area (Å²) in [5.74, 6) is 2.68. The van der Waals surface area contributed by atoms with Gasteiger partial charge in [-0.05, 0) is 285 Å². The zero-order valence-corrected chi connectivity index (χ0v) is 87.8. The Morgan fingerprint density at radius 3 is 1.11 bits per heavy atom. The largest absolute Gasteiger partial charge is 0.368 e. The number of aliphatic imine (C=N–C) groups is 3. The summed E-state index contributed by atoms with van der Waals surface area (Å²) in [6, 6.07) is 34.5. The number of fused-ring (bicyclic) bond motifs is 6. The number of hydrogen-bond acceptors (Lipinski definition) is 26. The van der Waals surface area contributed by atoms with E-state index in [0.717, 1.165) is 247 Å². The minimum atomic E-state index is -0.453. The zero-order chi connectivity index (χ0) is 102. The highest BCUT2D eigenvalue weighted by atomic mass is 19.1. The van der Waals surface area contributed by atoms with Gasteiger partial charge in [0.05, 0.1) is 53.7 Å². The summed E-state index contributed by atoms with van der Waals surface area (Å²) in [6.07, 6.45) is 30.4. The molecule has 15 heterocycles. The Hall–Kier alpha value is -13.0. The number of halogens is 4. The first kappa shape index (κ1) is 103. The maximum absolute atomic E-state index is 15.0. The van der Waals surface area contributed by atoms with Gasteiger partial charge >= 0.3 is 0 Å². The van der Waals surface area contributed by atoms with E-state index in [1.54, 1.807) is 0 Å². The van der Waals surface area contributed by atoms with Gasteiger partial charge in [0.1, 0.15) is 46.0 Å². The molecule has 0 atom stereocenters. The first-order valence-electron chi connectivity index (χ1n) is 53.4. The van der Waals surface area contributed by atoms with Crippen molar-refractivity contribution in [3.05, 3.63) is 243 Å². The highest BCUT2D eigenvalue weighted by Gasteiger charge is 2.47. The summed E-state index contributed by atoms with van der Waals surface area (Å²) in [5, 5.41) is 16.0. The number of piperidine rings is 1. The number of rotatable bonds is 25. The van der Waals surface area contributed by atoms with Gasteiger partial charge in [0.15, 0.2) is 23.3 Å². The number of nitrogens with zero attached hydrogens (tertiary/aromatic N) is 21. The molecular formula is C117H140F4N26. The molecule has 147 heavy (non-hydrogen) atoms. The van der Waals surface area contributed by atoms with Crippen molar-refractivity contribution in [2.45, 2.75) is 227 Å². The summed E-state index contributed by atoms with van der Waals surface area (Å²) in [6.45, 7) is 50.2. The number of aryl methyl sites for hydroxylation is 3. The minimum absolute atomic E-state index is 0.000481. The number of aromatic nitrogens is 12. The fourth-order valence-electron chi connectivity index (χ4n) is 24.1. The normalized spacial score (nSPS) is 18.2. The molecule has 3 aliphatic carbocycles. The van der Waals surface area contributed by atoms with Crippen LogP contribution in [0.2, 0.25) is 0 Å². The average molecular weight is 1990 g/mol. The van der Waals surface area contributed by atoms with E-state index in [-0.39, 0.29) is 33.0 Å². The number of benzene rings is 4. The number of pyridine rings is 4. The van der Waals surface area contributed by atoms with Crippen LogP contribution < -0.4 is 31.5 Å². The number of anilines is 9. The second-order valence-corrected chi connectivity index (χ2v) is 41.4. The van der Waals surface area contributed by atoms with Crippen LogP contribution in [0, 0.1) is 44.0 Å². The van der Waals surface area contributed by atoms with Gasteiger partial charge in [-0.25, -0.2) is 77.4 Å². The van der Waals surface area contributed by atoms with Crippen LogP contribution in [-0.2, 0) is 34.7 Å². The van der Waals surface area contributed by atoms with Gasteiger partial charge in [-0.2, -0.15) is 0 Å². The van der Waals surface area contributed by atoms with Crippen LogP contribution in [0.5, 0.6) is 0 Å². The number of hydrogen-bond donors (Lipinski definition) is 5. The molecule has 0 radical (unpaired) electrons. The second-order valence-electron chi connectivity index (χ2n) is 41.4. The van der Waals surface area contributed by atoms with E-state index in [1.165, 1.54) is 121 Å². The summed E-state index contributed by atoms with van der Waals surface area (Å²) >= 11 is 0. The van der Waals surface area contributed by atoms with Crippen LogP contribution in [0.3, 0.4) is 0 Å². The molecule has 4 saturated heterocycles. The van der Waals surface area contributed by atoms with Crippen molar-refractivity contribution < 1.29 is 17.6 Å². The molecule has 5 N–H and O–H groups in total. The summed E-state index contributed by atoms with van der Waals surface area (Å²) in [4.78, 5) is 82.7. The number of likely N-dealkylation sites (N-methyl/N-ethyl adjacent to an activating group) is 2. The van der Waals surface area contributed by atoms with Crippen molar-refractivity contribution in [2.75, 3.05) is 137 Å². The van der Waals surface area contributed by atoms with E-state index >= 15 is 8.78 Å². The van der Waals surface area contributed by atoms with Crippen molar-refractivity contribution >= 4 is 93.0 Å². The van der Waals surface area contributed by atoms with Crippen LogP contribution in [0.15, 0.2) is 173 Å². The molecule has 8 aromatic heterocycles. The maximum atomic E-state index is 15.0. The number of piperazine rings is 3. The van der Waals surface area contributed by atoms with Crippen molar-refractivity contribution in [3.8, 4) is 45.0 Å². The van der Waals surface area contributed by atoms with E-state index in [9.17, 15) is 8.78 Å². The maximum Gasteiger partial charge on any atom is 0.229 e. The Kier molecular flexibility index (Phi) is 31.1. The third-order valence-electron chi connectivity index (χ3n) is 33.2. The van der Waals surface area contributed by atoms with Crippen LogP contribution in [0.25, 0.3) is 51.1 Å². The van der Waals surface area contributed by atoms with Gasteiger partial charge in [0, 0.05) is 171 Å². The van der Waals surface area contributed by atoms with Crippen molar-refractivity contribution in [1.29, 1.82) is 0 Å². The van der Waals surface area contributed by atoms with E-state index in [0.29, 0.717) is 64.4 Å². The summed E-state index contributed by atoms with van der Waals surface area (Å²) < 4.78 is 59.9. The van der Waals surface area contributed by atoms with Crippen LogP contribution in [-0.4, -0.2) is 213 Å². The van der Waals surface area contributed by atoms with E-state index in [2.05, 4.69) is 253 Å². The summed E-state index contributed by atoms with van der Waals surface area (Å²) in [7, 11) is 0.